The van der Waals surface area contributed by atoms with E-state index in [2.05, 4.69) is 10.3 Å². The molecule has 0 spiro atoms. The second kappa shape index (κ2) is 14.6. The van der Waals surface area contributed by atoms with E-state index < -0.39 is 24.4 Å². The Morgan fingerprint density at radius 1 is 1.00 bits per heavy atom. The number of carboxylic acid groups (broad SMARTS) is 2. The predicted molar refractivity (Wildman–Crippen MR) is 167 cm³/mol. The fraction of sp³-hybridized carbons (Fsp3) is 0.235. The molecular weight excluding hydrogens is 614 g/mol. The number of benzene rings is 3. The zero-order chi connectivity index (χ0) is 32.6. The van der Waals surface area contributed by atoms with Crippen molar-refractivity contribution in [2.45, 2.75) is 39.1 Å². The number of nitrogens with one attached hydrogen (secondary N) is 1. The van der Waals surface area contributed by atoms with Crippen LogP contribution in [0.15, 0.2) is 67.0 Å². The van der Waals surface area contributed by atoms with E-state index in [4.69, 9.17) is 35.7 Å². The fourth-order valence-corrected chi connectivity index (χ4v) is 5.16. The quantitative estimate of drug-likeness (QED) is 0.168. The molecule has 0 aliphatic carbocycles. The zero-order valence-corrected chi connectivity index (χ0v) is 25.5. The van der Waals surface area contributed by atoms with Crippen LogP contribution in [0.1, 0.15) is 34.2 Å². The molecule has 11 nitrogen and oxygen atoms in total. The lowest BCUT2D eigenvalue weighted by Gasteiger charge is -2.20. The Hall–Kier alpha value is -5.31. The molecule has 0 fully saturated rings. The lowest BCUT2D eigenvalue weighted by Crippen LogP contribution is -2.38. The minimum absolute atomic E-state index is 0.0464. The zero-order valence-electron chi connectivity index (χ0n) is 24.8. The van der Waals surface area contributed by atoms with E-state index in [9.17, 15) is 20.0 Å². The highest BCUT2D eigenvalue weighted by Gasteiger charge is 2.22. The number of hydrogen-bond acceptors (Lipinski definition) is 9. The van der Waals surface area contributed by atoms with Crippen LogP contribution in [0.4, 0.5) is 0 Å². The van der Waals surface area contributed by atoms with Gasteiger partial charge in [-0.1, -0.05) is 35.9 Å². The van der Waals surface area contributed by atoms with E-state index in [1.165, 1.54) is 6.20 Å². The molecule has 0 saturated carbocycles. The van der Waals surface area contributed by atoms with Gasteiger partial charge in [-0.25, -0.2) is 0 Å². The molecule has 46 heavy (non-hydrogen) atoms. The molecule has 4 aromatic rings. The van der Waals surface area contributed by atoms with Crippen molar-refractivity contribution in [3.8, 4) is 40.2 Å². The van der Waals surface area contributed by atoms with Gasteiger partial charge in [0, 0.05) is 36.1 Å². The van der Waals surface area contributed by atoms with Crippen LogP contribution < -0.4 is 24.3 Å². The van der Waals surface area contributed by atoms with E-state index in [-0.39, 0.29) is 24.8 Å². The number of halogens is 1. The molecule has 5 rings (SSSR count). The molecule has 3 aromatic carbocycles. The van der Waals surface area contributed by atoms with Crippen LogP contribution in [0.3, 0.4) is 0 Å². The first-order valence-corrected chi connectivity index (χ1v) is 14.7. The maximum atomic E-state index is 11.6. The van der Waals surface area contributed by atoms with Gasteiger partial charge in [0.05, 0.1) is 17.0 Å². The molecule has 236 valence electrons. The smallest absolute Gasteiger partial charge is 0.321 e. The number of carboxylic acids is 2. The summed E-state index contributed by atoms with van der Waals surface area (Å²) in [4.78, 5) is 26.8. The van der Waals surface area contributed by atoms with Gasteiger partial charge in [0.2, 0.25) is 0 Å². The number of nitrogens with zero attached hydrogens (tertiary/aromatic N) is 2. The molecule has 1 aliphatic rings. The summed E-state index contributed by atoms with van der Waals surface area (Å²) >= 11 is 6.63. The van der Waals surface area contributed by atoms with E-state index >= 15 is 0 Å². The number of rotatable bonds is 13. The van der Waals surface area contributed by atoms with Crippen molar-refractivity contribution in [3.63, 3.8) is 0 Å². The highest BCUT2D eigenvalue weighted by Crippen LogP contribution is 2.37. The number of ether oxygens (including phenoxy) is 4. The number of aliphatic carboxylic acids is 2. The van der Waals surface area contributed by atoms with E-state index in [1.807, 2.05) is 49.4 Å². The Labute approximate surface area is 269 Å². The lowest BCUT2D eigenvalue weighted by atomic mass is 9.96. The summed E-state index contributed by atoms with van der Waals surface area (Å²) < 4.78 is 23.7. The first-order chi connectivity index (χ1) is 22.2. The summed E-state index contributed by atoms with van der Waals surface area (Å²) in [5.41, 5.74) is 5.41. The fourth-order valence-electron chi connectivity index (χ4n) is 4.92. The number of hydrogen-bond donors (Lipinski definition) is 3. The van der Waals surface area contributed by atoms with Gasteiger partial charge < -0.3 is 29.2 Å². The van der Waals surface area contributed by atoms with Gasteiger partial charge in [-0.05, 0) is 53.4 Å². The van der Waals surface area contributed by atoms with Gasteiger partial charge in [0.25, 0.3) is 0 Å². The third-order valence-corrected chi connectivity index (χ3v) is 7.63. The third-order valence-electron chi connectivity index (χ3n) is 7.33. The second-order valence-electron chi connectivity index (χ2n) is 10.5. The highest BCUT2D eigenvalue weighted by molar-refractivity contribution is 6.32. The van der Waals surface area contributed by atoms with Crippen molar-refractivity contribution in [2.75, 3.05) is 13.2 Å². The molecule has 1 unspecified atom stereocenters. The predicted octanol–water partition coefficient (Wildman–Crippen LogP) is 5.53. The van der Waals surface area contributed by atoms with Gasteiger partial charge in [0.1, 0.15) is 50.0 Å². The van der Waals surface area contributed by atoms with Crippen molar-refractivity contribution in [1.82, 2.24) is 10.3 Å². The average molecular weight is 644 g/mol. The number of aromatic nitrogens is 1. The normalized spacial score (nSPS) is 12.5. The van der Waals surface area contributed by atoms with Crippen molar-refractivity contribution >= 4 is 23.5 Å². The number of carbonyl (C=O) groups is 2. The molecule has 1 atom stereocenters. The molecule has 1 aliphatic heterocycles. The molecule has 12 heteroatoms. The average Bonchev–Trinajstić information content (AvgIpc) is 3.05. The molecule has 0 saturated heterocycles. The maximum absolute atomic E-state index is 11.6. The van der Waals surface area contributed by atoms with Crippen LogP contribution >= 0.6 is 11.6 Å². The molecule has 1 aromatic heterocycles. The van der Waals surface area contributed by atoms with Gasteiger partial charge >= 0.3 is 11.9 Å². The standard InChI is InChI=1S/C34H30ClN3O8/c1-20-24(3-2-4-26(20)23-5-6-29-32(11-23)44-8-7-43-29)19-46-31-13-30(45-18-22-9-21(14-36)15-37-16-22)25(10-27(31)35)17-38-28(34(41)42)12-33(39)40/h2-6,9-11,13,15-16,28,38H,7-8,12,17-19H2,1H3,(H,39,40)(H,41,42). The largest absolute Gasteiger partial charge is 0.488 e. The molecular formula is C34H30ClN3O8. The SMILES string of the molecule is Cc1c(COc2cc(OCc3cncc(C#N)c3)c(CNC(CC(=O)O)C(=O)O)cc2Cl)cccc1-c1ccc2c(c1)OCCO2. The number of nitriles is 1. The minimum atomic E-state index is -1.33. The third kappa shape index (κ3) is 7.85. The van der Waals surface area contributed by atoms with Crippen molar-refractivity contribution in [3.05, 3.63) is 99.8 Å². The van der Waals surface area contributed by atoms with Crippen molar-refractivity contribution < 1.29 is 38.7 Å². The van der Waals surface area contributed by atoms with Crippen molar-refractivity contribution in [1.29, 1.82) is 5.26 Å². The monoisotopic (exact) mass is 643 g/mol. The Bertz CT molecular complexity index is 1810. The molecule has 0 radical (unpaired) electrons. The Morgan fingerprint density at radius 2 is 1.78 bits per heavy atom. The Kier molecular flexibility index (Phi) is 10.2. The topological polar surface area (TPSA) is 160 Å². The summed E-state index contributed by atoms with van der Waals surface area (Å²) in [5.74, 6) is -0.482. The number of pyridine rings is 1. The first kappa shape index (κ1) is 32.1. The summed E-state index contributed by atoms with van der Waals surface area (Å²) in [5, 5.41) is 30.8. The van der Waals surface area contributed by atoms with Crippen LogP contribution in [0, 0.1) is 18.3 Å². The van der Waals surface area contributed by atoms with Gasteiger partial charge in [-0.3, -0.25) is 19.9 Å². The van der Waals surface area contributed by atoms with Gasteiger partial charge in [0.15, 0.2) is 11.5 Å². The number of fused-ring (bicyclic) bond motifs is 1. The summed E-state index contributed by atoms with van der Waals surface area (Å²) in [6.45, 7) is 3.21. The Balaban J connectivity index is 1.38. The van der Waals surface area contributed by atoms with E-state index in [0.717, 1.165) is 22.3 Å². The van der Waals surface area contributed by atoms with Crippen molar-refractivity contribution in [2.24, 2.45) is 0 Å². The minimum Gasteiger partial charge on any atom is -0.488 e. The summed E-state index contributed by atoms with van der Waals surface area (Å²) in [7, 11) is 0. The van der Waals surface area contributed by atoms with Crippen LogP contribution in [0.2, 0.25) is 5.02 Å². The van der Waals surface area contributed by atoms with Gasteiger partial charge in [-0.15, -0.1) is 0 Å². The molecule has 3 N–H and O–H groups in total. The van der Waals surface area contributed by atoms with Crippen LogP contribution in [0.25, 0.3) is 11.1 Å². The van der Waals surface area contributed by atoms with E-state index in [0.29, 0.717) is 52.9 Å². The summed E-state index contributed by atoms with van der Waals surface area (Å²) in [6, 6.07) is 17.3. The van der Waals surface area contributed by atoms with Crippen LogP contribution in [0.5, 0.6) is 23.0 Å². The summed E-state index contributed by atoms with van der Waals surface area (Å²) in [6.07, 6.45) is 2.39. The van der Waals surface area contributed by atoms with Crippen LogP contribution in [-0.2, 0) is 29.3 Å². The maximum Gasteiger partial charge on any atom is 0.321 e. The highest BCUT2D eigenvalue weighted by atomic mass is 35.5. The van der Waals surface area contributed by atoms with E-state index in [1.54, 1.807) is 24.4 Å². The second-order valence-corrected chi connectivity index (χ2v) is 10.9. The Morgan fingerprint density at radius 3 is 2.54 bits per heavy atom. The lowest BCUT2D eigenvalue weighted by molar-refractivity contribution is -0.146. The van der Waals surface area contributed by atoms with Gasteiger partial charge in [-0.2, -0.15) is 5.26 Å². The van der Waals surface area contributed by atoms with Crippen LogP contribution in [-0.4, -0.2) is 46.4 Å². The first-order valence-electron chi connectivity index (χ1n) is 14.3. The molecule has 0 bridgehead atoms. The molecule has 0 amide bonds. The molecule has 2 heterocycles.